The van der Waals surface area contributed by atoms with Gasteiger partial charge in [0.1, 0.15) is 0 Å². The van der Waals surface area contributed by atoms with Crippen LogP contribution in [0.5, 0.6) is 0 Å². The summed E-state index contributed by atoms with van der Waals surface area (Å²) in [5.74, 6) is 2.22. The van der Waals surface area contributed by atoms with Crippen LogP contribution in [0.1, 0.15) is 63.5 Å². The zero-order valence-electron chi connectivity index (χ0n) is 14.3. The summed E-state index contributed by atoms with van der Waals surface area (Å²) in [5, 5.41) is 14.9. The fourth-order valence-corrected chi connectivity index (χ4v) is 2.66. The van der Waals surface area contributed by atoms with E-state index >= 15 is 0 Å². The molecular weight excluding hydrogens is 286 g/mol. The molecule has 1 heterocycles. The molecule has 2 aromatic rings. The molecule has 122 valence electrons. The summed E-state index contributed by atoms with van der Waals surface area (Å²) in [4.78, 5) is 4.55. The third kappa shape index (κ3) is 3.78. The zero-order chi connectivity index (χ0) is 16.4. The molecule has 1 aromatic carbocycles. The molecular formula is C18H25N5. The standard InChI is InChI=1S/C18H25N5/c1-11(2)14-6-5-7-15(12(3)4)17(14)21-16-10-19-23-18(22-16)20-13-8-9-13/h5-7,10-13H,8-9H2,1-4H3,(H2,20,21,22,23). The number of para-hydroxylation sites is 1. The highest BCUT2D eigenvalue weighted by molar-refractivity contribution is 5.66. The van der Waals surface area contributed by atoms with Gasteiger partial charge in [0, 0.05) is 11.7 Å². The van der Waals surface area contributed by atoms with Crippen molar-refractivity contribution in [1.29, 1.82) is 0 Å². The Bertz CT molecular complexity index is 651. The van der Waals surface area contributed by atoms with Crippen LogP contribution < -0.4 is 10.6 Å². The van der Waals surface area contributed by atoms with Crippen LogP contribution in [0, 0.1) is 0 Å². The Balaban J connectivity index is 1.91. The lowest BCUT2D eigenvalue weighted by Gasteiger charge is -2.20. The molecule has 1 aliphatic rings. The van der Waals surface area contributed by atoms with E-state index in [2.05, 4.69) is 71.7 Å². The number of aromatic nitrogens is 3. The molecule has 1 saturated carbocycles. The Morgan fingerprint density at radius 3 is 2.26 bits per heavy atom. The average molecular weight is 311 g/mol. The molecule has 0 unspecified atom stereocenters. The highest BCUT2D eigenvalue weighted by atomic mass is 15.3. The van der Waals surface area contributed by atoms with E-state index in [1.54, 1.807) is 6.20 Å². The van der Waals surface area contributed by atoms with Crippen molar-refractivity contribution in [2.45, 2.75) is 58.4 Å². The maximum absolute atomic E-state index is 4.55. The van der Waals surface area contributed by atoms with Gasteiger partial charge in [-0.05, 0) is 35.8 Å². The minimum atomic E-state index is 0.440. The second-order valence-corrected chi connectivity index (χ2v) is 6.83. The minimum Gasteiger partial charge on any atom is -0.350 e. The zero-order valence-corrected chi connectivity index (χ0v) is 14.3. The normalized spacial score (nSPS) is 14.3. The van der Waals surface area contributed by atoms with Gasteiger partial charge in [-0.15, -0.1) is 5.10 Å². The quantitative estimate of drug-likeness (QED) is 0.826. The van der Waals surface area contributed by atoms with Gasteiger partial charge in [0.05, 0.1) is 6.20 Å². The molecule has 1 fully saturated rings. The van der Waals surface area contributed by atoms with Gasteiger partial charge in [0.15, 0.2) is 5.82 Å². The fraction of sp³-hybridized carbons (Fsp3) is 0.500. The van der Waals surface area contributed by atoms with E-state index in [4.69, 9.17) is 0 Å². The predicted molar refractivity (Wildman–Crippen MR) is 94.4 cm³/mol. The van der Waals surface area contributed by atoms with Crippen LogP contribution in [0.4, 0.5) is 17.5 Å². The SMILES string of the molecule is CC(C)c1cccc(C(C)C)c1Nc1cnnc(NC2CC2)n1. The number of hydrogen-bond donors (Lipinski definition) is 2. The third-order valence-corrected chi connectivity index (χ3v) is 4.10. The molecule has 5 heteroatoms. The number of anilines is 3. The van der Waals surface area contributed by atoms with Crippen molar-refractivity contribution in [3.05, 3.63) is 35.5 Å². The first-order valence-corrected chi connectivity index (χ1v) is 8.40. The van der Waals surface area contributed by atoms with Crippen LogP contribution in [0.25, 0.3) is 0 Å². The molecule has 2 N–H and O–H groups in total. The summed E-state index contributed by atoms with van der Waals surface area (Å²) in [6.45, 7) is 8.84. The maximum atomic E-state index is 4.55. The minimum absolute atomic E-state index is 0.440. The average Bonchev–Trinajstić information content (AvgIpc) is 3.31. The Morgan fingerprint density at radius 1 is 1.04 bits per heavy atom. The number of benzene rings is 1. The first-order chi connectivity index (χ1) is 11.0. The van der Waals surface area contributed by atoms with Gasteiger partial charge in [-0.3, -0.25) is 0 Å². The lowest BCUT2D eigenvalue weighted by molar-refractivity contribution is 0.837. The van der Waals surface area contributed by atoms with E-state index in [0.29, 0.717) is 23.8 Å². The summed E-state index contributed by atoms with van der Waals surface area (Å²) >= 11 is 0. The van der Waals surface area contributed by atoms with Crippen LogP contribution in [-0.2, 0) is 0 Å². The van der Waals surface area contributed by atoms with E-state index in [0.717, 1.165) is 11.5 Å². The highest BCUT2D eigenvalue weighted by Crippen LogP contribution is 2.34. The van der Waals surface area contributed by atoms with Crippen molar-refractivity contribution in [3.8, 4) is 0 Å². The van der Waals surface area contributed by atoms with E-state index in [-0.39, 0.29) is 0 Å². The van der Waals surface area contributed by atoms with Gasteiger partial charge < -0.3 is 10.6 Å². The molecule has 0 aliphatic heterocycles. The van der Waals surface area contributed by atoms with Gasteiger partial charge in [0.25, 0.3) is 0 Å². The molecule has 0 spiro atoms. The van der Waals surface area contributed by atoms with Crippen LogP contribution >= 0.6 is 0 Å². The van der Waals surface area contributed by atoms with E-state index in [1.807, 2.05) is 0 Å². The predicted octanol–water partition coefficient (Wildman–Crippen LogP) is 4.44. The maximum Gasteiger partial charge on any atom is 0.244 e. The summed E-state index contributed by atoms with van der Waals surface area (Å²) in [7, 11) is 0. The highest BCUT2D eigenvalue weighted by Gasteiger charge is 2.22. The van der Waals surface area contributed by atoms with Gasteiger partial charge in [0.2, 0.25) is 5.95 Å². The van der Waals surface area contributed by atoms with Gasteiger partial charge in [-0.1, -0.05) is 45.9 Å². The molecule has 1 aromatic heterocycles. The number of rotatable bonds is 6. The Hall–Kier alpha value is -2.17. The first-order valence-electron chi connectivity index (χ1n) is 8.40. The molecule has 23 heavy (non-hydrogen) atoms. The fourth-order valence-electron chi connectivity index (χ4n) is 2.66. The van der Waals surface area contributed by atoms with Gasteiger partial charge >= 0.3 is 0 Å². The Kier molecular flexibility index (Phi) is 4.46. The third-order valence-electron chi connectivity index (χ3n) is 4.10. The molecule has 1 aliphatic carbocycles. The van der Waals surface area contributed by atoms with Crippen molar-refractivity contribution in [2.75, 3.05) is 10.6 Å². The molecule has 0 amide bonds. The second kappa shape index (κ2) is 6.52. The van der Waals surface area contributed by atoms with E-state index < -0.39 is 0 Å². The second-order valence-electron chi connectivity index (χ2n) is 6.83. The molecule has 0 atom stereocenters. The smallest absolute Gasteiger partial charge is 0.244 e. The number of nitrogens with zero attached hydrogens (tertiary/aromatic N) is 3. The molecule has 0 saturated heterocycles. The summed E-state index contributed by atoms with van der Waals surface area (Å²) in [6, 6.07) is 7.00. The lowest BCUT2D eigenvalue weighted by Crippen LogP contribution is -2.09. The molecule has 3 rings (SSSR count). The molecule has 5 nitrogen and oxygen atoms in total. The Morgan fingerprint density at radius 2 is 1.70 bits per heavy atom. The van der Waals surface area contributed by atoms with Crippen LogP contribution in [0.15, 0.2) is 24.4 Å². The van der Waals surface area contributed by atoms with Gasteiger partial charge in [-0.2, -0.15) is 10.1 Å². The largest absolute Gasteiger partial charge is 0.350 e. The Labute approximate surface area is 137 Å². The van der Waals surface area contributed by atoms with Crippen LogP contribution in [0.3, 0.4) is 0 Å². The van der Waals surface area contributed by atoms with E-state index in [9.17, 15) is 0 Å². The van der Waals surface area contributed by atoms with E-state index in [1.165, 1.54) is 24.0 Å². The lowest BCUT2D eigenvalue weighted by atomic mass is 9.92. The van der Waals surface area contributed by atoms with Crippen LogP contribution in [0.2, 0.25) is 0 Å². The van der Waals surface area contributed by atoms with Crippen molar-refractivity contribution < 1.29 is 0 Å². The summed E-state index contributed by atoms with van der Waals surface area (Å²) in [6.07, 6.45) is 4.06. The van der Waals surface area contributed by atoms with Crippen LogP contribution in [-0.4, -0.2) is 21.2 Å². The van der Waals surface area contributed by atoms with Gasteiger partial charge in [-0.25, -0.2) is 0 Å². The van der Waals surface area contributed by atoms with Crippen molar-refractivity contribution >= 4 is 17.5 Å². The first kappa shape index (κ1) is 15.7. The topological polar surface area (TPSA) is 62.7 Å². The number of hydrogen-bond acceptors (Lipinski definition) is 5. The summed E-state index contributed by atoms with van der Waals surface area (Å²) < 4.78 is 0. The monoisotopic (exact) mass is 311 g/mol. The van der Waals surface area contributed by atoms with Crippen molar-refractivity contribution in [1.82, 2.24) is 15.2 Å². The van der Waals surface area contributed by atoms with Crippen molar-refractivity contribution in [2.24, 2.45) is 0 Å². The number of nitrogens with one attached hydrogen (secondary N) is 2. The molecule has 0 bridgehead atoms. The summed E-state index contributed by atoms with van der Waals surface area (Å²) in [5.41, 5.74) is 3.74. The van der Waals surface area contributed by atoms with Crippen molar-refractivity contribution in [3.63, 3.8) is 0 Å². The molecule has 0 radical (unpaired) electrons.